The zero-order chi connectivity index (χ0) is 23.5. The van der Waals surface area contributed by atoms with E-state index in [0.717, 1.165) is 22.5 Å². The van der Waals surface area contributed by atoms with Crippen LogP contribution < -0.4 is 0 Å². The van der Waals surface area contributed by atoms with Crippen LogP contribution >= 0.6 is 11.8 Å². The smallest absolute Gasteiger partial charge is 0.277 e. The van der Waals surface area contributed by atoms with Gasteiger partial charge in [-0.2, -0.15) is 4.31 Å². The topological polar surface area (TPSA) is 103 Å². The SMILES string of the molecule is O=C(CSc1nnc(-c2cccc(S(=O)(=O)N3CCOCC3)c2)o1)c1cccc2ccccc12. The molecule has 5 rings (SSSR count). The molecule has 0 bridgehead atoms. The fourth-order valence-corrected chi connectivity index (χ4v) is 5.88. The van der Waals surface area contributed by atoms with Crippen molar-refractivity contribution < 1.29 is 22.4 Å². The number of benzene rings is 3. The normalized spacial score (nSPS) is 14.9. The maximum Gasteiger partial charge on any atom is 0.277 e. The molecule has 0 amide bonds. The van der Waals surface area contributed by atoms with Gasteiger partial charge in [0.1, 0.15) is 0 Å². The number of rotatable bonds is 7. The number of morpholine rings is 1. The number of Topliss-reactive ketones (excluding diaryl/α,β-unsaturated/α-hetero) is 1. The van der Waals surface area contributed by atoms with Crippen LogP contribution in [0.5, 0.6) is 0 Å². The van der Waals surface area contributed by atoms with Gasteiger partial charge in [-0.3, -0.25) is 4.79 Å². The number of thioether (sulfide) groups is 1. The molecule has 0 radical (unpaired) electrons. The summed E-state index contributed by atoms with van der Waals surface area (Å²) in [6.07, 6.45) is 0. The Morgan fingerprint density at radius 2 is 1.74 bits per heavy atom. The number of carbonyl (C=O) groups excluding carboxylic acids is 1. The first-order valence-corrected chi connectivity index (χ1v) is 13.1. The van der Waals surface area contributed by atoms with Gasteiger partial charge in [0.15, 0.2) is 5.78 Å². The highest BCUT2D eigenvalue weighted by molar-refractivity contribution is 7.99. The molecule has 1 aliphatic heterocycles. The van der Waals surface area contributed by atoms with E-state index in [9.17, 15) is 13.2 Å². The van der Waals surface area contributed by atoms with Crippen molar-refractivity contribution in [2.75, 3.05) is 32.1 Å². The molecule has 0 atom stereocenters. The van der Waals surface area contributed by atoms with E-state index in [0.29, 0.717) is 37.4 Å². The van der Waals surface area contributed by atoms with Crippen molar-refractivity contribution in [2.45, 2.75) is 10.1 Å². The highest BCUT2D eigenvalue weighted by Gasteiger charge is 2.27. The molecule has 1 saturated heterocycles. The zero-order valence-electron chi connectivity index (χ0n) is 18.1. The van der Waals surface area contributed by atoms with Crippen molar-refractivity contribution >= 4 is 38.3 Å². The highest BCUT2D eigenvalue weighted by atomic mass is 32.2. The average Bonchev–Trinajstić information content (AvgIpc) is 3.37. The third-order valence-corrected chi connectivity index (χ3v) is 8.23. The number of aromatic nitrogens is 2. The summed E-state index contributed by atoms with van der Waals surface area (Å²) in [5.41, 5.74) is 1.14. The number of carbonyl (C=O) groups is 1. The van der Waals surface area contributed by atoms with Crippen LogP contribution in [-0.4, -0.2) is 60.8 Å². The number of sulfonamides is 1. The van der Waals surface area contributed by atoms with Crippen LogP contribution in [0.15, 0.2) is 81.3 Å². The van der Waals surface area contributed by atoms with Gasteiger partial charge < -0.3 is 9.15 Å². The van der Waals surface area contributed by atoms with Crippen molar-refractivity contribution in [3.8, 4) is 11.5 Å². The van der Waals surface area contributed by atoms with Gasteiger partial charge >= 0.3 is 0 Å². The lowest BCUT2D eigenvalue weighted by atomic mass is 10.0. The van der Waals surface area contributed by atoms with E-state index < -0.39 is 10.0 Å². The first kappa shape index (κ1) is 22.7. The van der Waals surface area contributed by atoms with Crippen LogP contribution in [0, 0.1) is 0 Å². The minimum absolute atomic E-state index is 0.0415. The molecular weight excluding hydrogens is 474 g/mol. The van der Waals surface area contributed by atoms with Gasteiger partial charge in [-0.1, -0.05) is 60.3 Å². The minimum Gasteiger partial charge on any atom is -0.411 e. The fraction of sp³-hybridized carbons (Fsp3) is 0.208. The van der Waals surface area contributed by atoms with E-state index in [2.05, 4.69) is 10.2 Å². The molecule has 10 heteroatoms. The summed E-state index contributed by atoms with van der Waals surface area (Å²) < 4.78 is 38.3. The monoisotopic (exact) mass is 495 g/mol. The summed E-state index contributed by atoms with van der Waals surface area (Å²) in [4.78, 5) is 13.0. The molecule has 0 saturated carbocycles. The van der Waals surface area contributed by atoms with Gasteiger partial charge in [-0.15, -0.1) is 10.2 Å². The summed E-state index contributed by atoms with van der Waals surface area (Å²) in [6.45, 7) is 1.39. The second-order valence-corrected chi connectivity index (χ2v) is 10.5. The number of ether oxygens (including phenoxy) is 1. The molecule has 174 valence electrons. The Bertz CT molecular complexity index is 1440. The van der Waals surface area contributed by atoms with Crippen LogP contribution in [0.3, 0.4) is 0 Å². The van der Waals surface area contributed by atoms with Gasteiger partial charge in [0, 0.05) is 24.2 Å². The van der Waals surface area contributed by atoms with Crippen molar-refractivity contribution in [3.05, 3.63) is 72.3 Å². The Kier molecular flexibility index (Phi) is 6.46. The first-order valence-electron chi connectivity index (χ1n) is 10.7. The molecule has 0 N–H and O–H groups in total. The van der Waals surface area contributed by atoms with Crippen molar-refractivity contribution in [3.63, 3.8) is 0 Å². The van der Waals surface area contributed by atoms with E-state index in [4.69, 9.17) is 9.15 Å². The third kappa shape index (κ3) is 4.62. The van der Waals surface area contributed by atoms with Gasteiger partial charge in [-0.25, -0.2) is 8.42 Å². The molecule has 1 fully saturated rings. The predicted molar refractivity (Wildman–Crippen MR) is 128 cm³/mol. The Balaban J connectivity index is 1.30. The lowest BCUT2D eigenvalue weighted by molar-refractivity contribution is 0.0730. The highest BCUT2D eigenvalue weighted by Crippen LogP contribution is 2.28. The second kappa shape index (κ2) is 9.67. The third-order valence-electron chi connectivity index (χ3n) is 5.51. The van der Waals surface area contributed by atoms with Gasteiger partial charge in [0.25, 0.3) is 5.22 Å². The van der Waals surface area contributed by atoms with Gasteiger partial charge in [0.05, 0.1) is 23.9 Å². The van der Waals surface area contributed by atoms with E-state index in [1.807, 2.05) is 42.5 Å². The molecule has 1 aliphatic rings. The quantitative estimate of drug-likeness (QED) is 0.281. The van der Waals surface area contributed by atoms with Crippen molar-refractivity contribution in [1.29, 1.82) is 0 Å². The summed E-state index contributed by atoms with van der Waals surface area (Å²) in [5.74, 6) is 0.292. The molecule has 4 aromatic rings. The fourth-order valence-electron chi connectivity index (χ4n) is 3.78. The molecule has 0 aliphatic carbocycles. The first-order chi connectivity index (χ1) is 16.5. The molecule has 34 heavy (non-hydrogen) atoms. The van der Waals surface area contributed by atoms with Crippen LogP contribution in [0.4, 0.5) is 0 Å². The van der Waals surface area contributed by atoms with Crippen LogP contribution in [0.25, 0.3) is 22.2 Å². The number of hydrogen-bond acceptors (Lipinski definition) is 8. The van der Waals surface area contributed by atoms with Crippen molar-refractivity contribution in [2.24, 2.45) is 0 Å². The number of fused-ring (bicyclic) bond motifs is 1. The molecule has 0 spiro atoms. The van der Waals surface area contributed by atoms with Crippen LogP contribution in [0.2, 0.25) is 0 Å². The molecule has 2 heterocycles. The standard InChI is InChI=1S/C24H21N3O5S2/c28-22(21-10-4-6-17-5-1-2-9-20(17)21)16-33-24-26-25-23(32-24)18-7-3-8-19(15-18)34(29,30)27-11-13-31-14-12-27/h1-10,15H,11-14,16H2. The second-order valence-electron chi connectivity index (χ2n) is 7.66. The Morgan fingerprint density at radius 1 is 0.971 bits per heavy atom. The minimum atomic E-state index is -3.64. The molecule has 1 aromatic heterocycles. The largest absolute Gasteiger partial charge is 0.411 e. The Morgan fingerprint density at radius 3 is 2.59 bits per heavy atom. The lowest BCUT2D eigenvalue weighted by Gasteiger charge is -2.26. The number of nitrogens with zero attached hydrogens (tertiary/aromatic N) is 3. The van der Waals surface area contributed by atoms with Crippen LogP contribution in [0.1, 0.15) is 10.4 Å². The summed E-state index contributed by atoms with van der Waals surface area (Å²) in [5, 5.41) is 10.2. The predicted octanol–water partition coefficient (Wildman–Crippen LogP) is 3.89. The molecule has 3 aromatic carbocycles. The maximum atomic E-state index is 12.9. The zero-order valence-corrected chi connectivity index (χ0v) is 19.7. The van der Waals surface area contributed by atoms with Crippen LogP contribution in [-0.2, 0) is 14.8 Å². The van der Waals surface area contributed by atoms with E-state index in [-0.39, 0.29) is 27.5 Å². The van der Waals surface area contributed by atoms with E-state index in [1.54, 1.807) is 18.2 Å². The van der Waals surface area contributed by atoms with Gasteiger partial charge in [0.2, 0.25) is 15.9 Å². The summed E-state index contributed by atoms with van der Waals surface area (Å²) in [6, 6.07) is 19.8. The Hall–Kier alpha value is -3.05. The number of ketones is 1. The maximum absolute atomic E-state index is 12.9. The average molecular weight is 496 g/mol. The summed E-state index contributed by atoms with van der Waals surface area (Å²) >= 11 is 1.15. The van der Waals surface area contributed by atoms with E-state index in [1.165, 1.54) is 10.4 Å². The Labute approximate surface area is 201 Å². The number of hydrogen-bond donors (Lipinski definition) is 0. The van der Waals surface area contributed by atoms with Gasteiger partial charge in [-0.05, 0) is 29.0 Å². The summed E-state index contributed by atoms with van der Waals surface area (Å²) in [7, 11) is -3.64. The molecular formula is C24H21N3O5S2. The molecule has 8 nitrogen and oxygen atoms in total. The lowest BCUT2D eigenvalue weighted by Crippen LogP contribution is -2.40. The van der Waals surface area contributed by atoms with Crippen molar-refractivity contribution in [1.82, 2.24) is 14.5 Å². The molecule has 0 unspecified atom stereocenters. The van der Waals surface area contributed by atoms with E-state index >= 15 is 0 Å².